The number of piperidine rings is 1. The van der Waals surface area contributed by atoms with E-state index in [0.717, 1.165) is 25.9 Å². The minimum atomic E-state index is -0.383. The number of nitrogens with one attached hydrogen (secondary N) is 1. The smallest absolute Gasteiger partial charge is 0.332 e. The van der Waals surface area contributed by atoms with Crippen LogP contribution in [-0.2, 0) is 0 Å². The predicted octanol–water partition coefficient (Wildman–Crippen LogP) is 2.36. The molecule has 1 fully saturated rings. The zero-order valence-electron chi connectivity index (χ0n) is 12.4. The Labute approximate surface area is 118 Å². The molecule has 0 bridgehead atoms. The van der Waals surface area contributed by atoms with E-state index in [-0.39, 0.29) is 16.0 Å². The topological polar surface area (TPSA) is 84.2 Å². The van der Waals surface area contributed by atoms with E-state index < -0.39 is 0 Å². The van der Waals surface area contributed by atoms with Gasteiger partial charge in [0.2, 0.25) is 11.8 Å². The van der Waals surface area contributed by atoms with Crippen LogP contribution in [0.15, 0.2) is 0 Å². The minimum absolute atomic E-state index is 0.0155. The van der Waals surface area contributed by atoms with Gasteiger partial charge in [0.15, 0.2) is 0 Å². The van der Waals surface area contributed by atoms with Gasteiger partial charge >= 0.3 is 5.69 Å². The number of hydrogen-bond acceptors (Lipinski definition) is 6. The van der Waals surface area contributed by atoms with Crippen molar-refractivity contribution < 1.29 is 4.92 Å². The van der Waals surface area contributed by atoms with E-state index in [1.54, 1.807) is 14.0 Å². The van der Waals surface area contributed by atoms with Gasteiger partial charge in [0.1, 0.15) is 5.69 Å². The Bertz CT molecular complexity index is 530. The standard InChI is InChI=1S/C13H21N5O2/c1-9-10(18(19)20)11(16-12(14-4)15-9)17-7-5-6-13(2,3)8-17/h5-8H2,1-4H3,(H,14,15,16). The third kappa shape index (κ3) is 2.81. The molecule has 1 N–H and O–H groups in total. The molecule has 2 heterocycles. The zero-order chi connectivity index (χ0) is 14.9. The van der Waals surface area contributed by atoms with Crippen LogP contribution in [0.5, 0.6) is 0 Å². The Hall–Kier alpha value is -1.92. The summed E-state index contributed by atoms with van der Waals surface area (Å²) in [6.45, 7) is 7.58. The van der Waals surface area contributed by atoms with Crippen molar-refractivity contribution in [2.75, 3.05) is 30.4 Å². The average molecular weight is 279 g/mol. The van der Waals surface area contributed by atoms with Crippen LogP contribution >= 0.6 is 0 Å². The molecular weight excluding hydrogens is 258 g/mol. The highest BCUT2D eigenvalue weighted by atomic mass is 16.6. The number of aryl methyl sites for hydroxylation is 1. The monoisotopic (exact) mass is 279 g/mol. The van der Waals surface area contributed by atoms with Gasteiger partial charge in [-0.15, -0.1) is 0 Å². The summed E-state index contributed by atoms with van der Waals surface area (Å²) in [5, 5.41) is 14.2. The summed E-state index contributed by atoms with van der Waals surface area (Å²) in [4.78, 5) is 21.4. The minimum Gasteiger partial charge on any atom is -0.357 e. The maximum atomic E-state index is 11.3. The highest BCUT2D eigenvalue weighted by Gasteiger charge is 2.32. The normalized spacial score (nSPS) is 17.9. The predicted molar refractivity (Wildman–Crippen MR) is 78.2 cm³/mol. The van der Waals surface area contributed by atoms with Crippen molar-refractivity contribution in [3.8, 4) is 0 Å². The number of nitrogens with zero attached hydrogens (tertiary/aromatic N) is 4. The molecule has 20 heavy (non-hydrogen) atoms. The van der Waals surface area contributed by atoms with E-state index in [9.17, 15) is 10.1 Å². The van der Waals surface area contributed by atoms with Crippen LogP contribution in [0, 0.1) is 22.5 Å². The lowest BCUT2D eigenvalue weighted by Crippen LogP contribution is -2.41. The van der Waals surface area contributed by atoms with Gasteiger partial charge in [-0.2, -0.15) is 4.98 Å². The van der Waals surface area contributed by atoms with E-state index in [2.05, 4.69) is 29.1 Å². The van der Waals surface area contributed by atoms with Gasteiger partial charge in [-0.25, -0.2) is 4.98 Å². The summed E-state index contributed by atoms with van der Waals surface area (Å²) in [6, 6.07) is 0. The summed E-state index contributed by atoms with van der Waals surface area (Å²) in [5.41, 5.74) is 0.555. The van der Waals surface area contributed by atoms with Gasteiger partial charge in [0.05, 0.1) is 4.92 Å². The van der Waals surface area contributed by atoms with Gasteiger partial charge in [-0.1, -0.05) is 13.8 Å². The van der Waals surface area contributed by atoms with E-state index in [1.807, 2.05) is 4.90 Å². The van der Waals surface area contributed by atoms with E-state index >= 15 is 0 Å². The van der Waals surface area contributed by atoms with Gasteiger partial charge in [0.25, 0.3) is 0 Å². The zero-order valence-corrected chi connectivity index (χ0v) is 12.4. The number of aromatic nitrogens is 2. The van der Waals surface area contributed by atoms with Crippen molar-refractivity contribution in [2.24, 2.45) is 5.41 Å². The Balaban J connectivity index is 2.48. The Morgan fingerprint density at radius 1 is 1.40 bits per heavy atom. The van der Waals surface area contributed by atoms with Crippen molar-refractivity contribution in [1.82, 2.24) is 9.97 Å². The van der Waals surface area contributed by atoms with Crippen LogP contribution in [0.4, 0.5) is 17.5 Å². The molecule has 0 spiro atoms. The maximum absolute atomic E-state index is 11.3. The Morgan fingerprint density at radius 3 is 2.65 bits per heavy atom. The molecule has 1 aliphatic rings. The third-order valence-corrected chi connectivity index (χ3v) is 3.65. The van der Waals surface area contributed by atoms with Gasteiger partial charge in [0, 0.05) is 20.1 Å². The second-order valence-corrected chi connectivity index (χ2v) is 6.00. The fourth-order valence-corrected chi connectivity index (χ4v) is 2.70. The first-order valence-electron chi connectivity index (χ1n) is 6.80. The quantitative estimate of drug-likeness (QED) is 0.675. The lowest BCUT2D eigenvalue weighted by Gasteiger charge is -2.38. The lowest BCUT2D eigenvalue weighted by molar-refractivity contribution is -0.385. The summed E-state index contributed by atoms with van der Waals surface area (Å²) in [7, 11) is 1.71. The molecule has 0 aromatic carbocycles. The highest BCUT2D eigenvalue weighted by molar-refractivity contribution is 5.62. The Morgan fingerprint density at radius 2 is 2.10 bits per heavy atom. The third-order valence-electron chi connectivity index (χ3n) is 3.65. The van der Waals surface area contributed by atoms with E-state index in [4.69, 9.17) is 0 Å². The summed E-state index contributed by atoms with van der Waals surface area (Å²) < 4.78 is 0. The SMILES string of the molecule is CNc1nc(C)c([N+](=O)[O-])c(N2CCCC(C)(C)C2)n1. The molecule has 0 unspecified atom stereocenters. The molecule has 1 aromatic rings. The molecule has 0 atom stereocenters. The number of rotatable bonds is 3. The number of nitro groups is 1. The highest BCUT2D eigenvalue weighted by Crippen LogP contribution is 2.36. The number of anilines is 2. The molecule has 1 saturated heterocycles. The fraction of sp³-hybridized carbons (Fsp3) is 0.692. The molecule has 0 aliphatic carbocycles. The molecule has 0 radical (unpaired) electrons. The van der Waals surface area contributed by atoms with Crippen molar-refractivity contribution in [3.05, 3.63) is 15.8 Å². The first-order valence-corrected chi connectivity index (χ1v) is 6.80. The maximum Gasteiger partial charge on any atom is 0.332 e. The summed E-state index contributed by atoms with van der Waals surface area (Å²) in [6.07, 6.45) is 2.14. The number of hydrogen-bond donors (Lipinski definition) is 1. The molecule has 2 rings (SSSR count). The van der Waals surface area contributed by atoms with Gasteiger partial charge < -0.3 is 10.2 Å². The van der Waals surface area contributed by atoms with Crippen LogP contribution in [0.1, 0.15) is 32.4 Å². The first-order chi connectivity index (χ1) is 9.34. The van der Waals surface area contributed by atoms with Crippen LogP contribution in [-0.4, -0.2) is 35.0 Å². The average Bonchev–Trinajstić information content (AvgIpc) is 2.35. The second-order valence-electron chi connectivity index (χ2n) is 6.00. The van der Waals surface area contributed by atoms with Gasteiger partial charge in [-0.05, 0) is 25.2 Å². The van der Waals surface area contributed by atoms with Crippen LogP contribution in [0.3, 0.4) is 0 Å². The molecule has 1 aliphatic heterocycles. The van der Waals surface area contributed by atoms with Crippen LogP contribution < -0.4 is 10.2 Å². The molecule has 7 heteroatoms. The van der Waals surface area contributed by atoms with Crippen molar-refractivity contribution in [1.29, 1.82) is 0 Å². The van der Waals surface area contributed by atoms with E-state index in [0.29, 0.717) is 17.5 Å². The molecule has 0 saturated carbocycles. The summed E-state index contributed by atoms with van der Waals surface area (Å²) >= 11 is 0. The van der Waals surface area contributed by atoms with Crippen molar-refractivity contribution in [2.45, 2.75) is 33.6 Å². The van der Waals surface area contributed by atoms with E-state index in [1.165, 1.54) is 0 Å². The molecular formula is C13H21N5O2. The van der Waals surface area contributed by atoms with Crippen LogP contribution in [0.25, 0.3) is 0 Å². The second kappa shape index (κ2) is 5.22. The molecule has 0 amide bonds. The molecule has 110 valence electrons. The fourth-order valence-electron chi connectivity index (χ4n) is 2.70. The van der Waals surface area contributed by atoms with Gasteiger partial charge in [-0.3, -0.25) is 10.1 Å². The molecule has 1 aromatic heterocycles. The van der Waals surface area contributed by atoms with Crippen LogP contribution in [0.2, 0.25) is 0 Å². The van der Waals surface area contributed by atoms with Crippen molar-refractivity contribution >= 4 is 17.5 Å². The molecule has 7 nitrogen and oxygen atoms in total. The lowest BCUT2D eigenvalue weighted by atomic mass is 9.84. The van der Waals surface area contributed by atoms with Crippen molar-refractivity contribution in [3.63, 3.8) is 0 Å². The Kier molecular flexibility index (Phi) is 3.78. The largest absolute Gasteiger partial charge is 0.357 e. The first kappa shape index (κ1) is 14.5. The summed E-state index contributed by atoms with van der Waals surface area (Å²) in [5.74, 6) is 0.853.